The summed E-state index contributed by atoms with van der Waals surface area (Å²) in [6.07, 6.45) is -1.02. The molecule has 30 heavy (non-hydrogen) atoms. The fourth-order valence-corrected chi connectivity index (χ4v) is 3.34. The van der Waals surface area contributed by atoms with Gasteiger partial charge in [0, 0.05) is 9.26 Å². The maximum absolute atomic E-state index is 12.5. The molecule has 11 heteroatoms. The molecule has 2 rings (SSSR count). The van der Waals surface area contributed by atoms with Crippen molar-refractivity contribution in [2.24, 2.45) is 0 Å². The van der Waals surface area contributed by atoms with Gasteiger partial charge in [-0.2, -0.15) is 0 Å². The van der Waals surface area contributed by atoms with E-state index in [0.717, 1.165) is 9.26 Å². The Labute approximate surface area is 209 Å². The number of methoxy groups -OCH3 is 2. The van der Waals surface area contributed by atoms with Crippen molar-refractivity contribution in [2.75, 3.05) is 19.5 Å². The van der Waals surface area contributed by atoms with Gasteiger partial charge in [0.2, 0.25) is 9.70 Å². The number of halogens is 4. The van der Waals surface area contributed by atoms with Gasteiger partial charge in [-0.25, -0.2) is 0 Å². The molecule has 2 aromatic rings. The lowest BCUT2D eigenvalue weighted by atomic mass is 10.1. The summed E-state index contributed by atoms with van der Waals surface area (Å²) >= 11 is 25.6. The Hall–Kier alpha value is -1.20. The summed E-state index contributed by atoms with van der Waals surface area (Å²) in [6.45, 7) is 0. The van der Waals surface area contributed by atoms with Crippen molar-refractivity contribution in [1.29, 1.82) is 0 Å². The Kier molecular flexibility index (Phi) is 9.55. The van der Waals surface area contributed by atoms with Crippen LogP contribution in [0.15, 0.2) is 42.5 Å². The second-order valence-electron chi connectivity index (χ2n) is 6.01. The summed E-state index contributed by atoms with van der Waals surface area (Å²) in [5.41, 5.74) is 1.46. The maximum atomic E-state index is 12.5. The number of amides is 1. The summed E-state index contributed by atoms with van der Waals surface area (Å²) < 4.78 is 9.69. The van der Waals surface area contributed by atoms with Gasteiger partial charge in [0.05, 0.1) is 20.6 Å². The van der Waals surface area contributed by atoms with Crippen LogP contribution in [-0.2, 0) is 11.2 Å². The molecule has 0 saturated heterocycles. The zero-order chi connectivity index (χ0) is 22.3. The standard InChI is InChI=1S/C19H19Cl3IN3O3S/c1-28-14-8-3-11(9-15(14)29-2)10-16(27)25-17(19(20,21)22)26-18(30)24-13-6-4-12(23)5-7-13/h3-9,17H,10H2,1-2H3,(H,25,27)(H2,24,26,30)/t17-/m1/s1. The molecule has 0 aromatic heterocycles. The quantitative estimate of drug-likeness (QED) is 0.186. The highest BCUT2D eigenvalue weighted by molar-refractivity contribution is 14.1. The van der Waals surface area contributed by atoms with Gasteiger partial charge in [-0.15, -0.1) is 0 Å². The molecule has 0 saturated carbocycles. The fourth-order valence-electron chi connectivity index (χ4n) is 2.42. The van der Waals surface area contributed by atoms with Crippen molar-refractivity contribution < 1.29 is 14.3 Å². The number of benzene rings is 2. The van der Waals surface area contributed by atoms with E-state index in [4.69, 9.17) is 56.5 Å². The minimum absolute atomic E-state index is 0.0383. The van der Waals surface area contributed by atoms with Gasteiger partial charge in [0.15, 0.2) is 16.6 Å². The average molecular weight is 603 g/mol. The van der Waals surface area contributed by atoms with Gasteiger partial charge in [-0.3, -0.25) is 4.79 Å². The van der Waals surface area contributed by atoms with Crippen molar-refractivity contribution in [3.05, 3.63) is 51.6 Å². The number of carbonyl (C=O) groups excluding carboxylic acids is 1. The lowest BCUT2D eigenvalue weighted by molar-refractivity contribution is -0.121. The van der Waals surface area contributed by atoms with Crippen molar-refractivity contribution in [3.8, 4) is 11.5 Å². The number of alkyl halides is 3. The van der Waals surface area contributed by atoms with Crippen molar-refractivity contribution in [2.45, 2.75) is 16.4 Å². The van der Waals surface area contributed by atoms with Crippen LogP contribution in [0.2, 0.25) is 0 Å². The van der Waals surface area contributed by atoms with Crippen LogP contribution < -0.4 is 25.4 Å². The van der Waals surface area contributed by atoms with Gasteiger partial charge in [-0.05, 0) is 76.8 Å². The van der Waals surface area contributed by atoms with Crippen molar-refractivity contribution >= 4 is 86.3 Å². The van der Waals surface area contributed by atoms with E-state index in [1.54, 1.807) is 18.2 Å². The Morgan fingerprint density at radius 3 is 2.27 bits per heavy atom. The predicted molar refractivity (Wildman–Crippen MR) is 134 cm³/mol. The maximum Gasteiger partial charge on any atom is 0.228 e. The number of thiocarbonyl (C=S) groups is 1. The summed E-state index contributed by atoms with van der Waals surface area (Å²) in [5, 5.41) is 8.65. The molecule has 6 nitrogen and oxygen atoms in total. The number of hydrogen-bond donors (Lipinski definition) is 3. The van der Waals surface area contributed by atoms with Crippen LogP contribution in [-0.4, -0.2) is 35.2 Å². The molecule has 162 valence electrons. The average Bonchev–Trinajstić information content (AvgIpc) is 2.68. The van der Waals surface area contributed by atoms with Gasteiger partial charge in [0.1, 0.15) is 6.17 Å². The summed E-state index contributed by atoms with van der Waals surface area (Å²) in [6, 6.07) is 12.7. The lowest BCUT2D eigenvalue weighted by Crippen LogP contribution is -2.56. The normalized spacial score (nSPS) is 11.9. The highest BCUT2D eigenvalue weighted by atomic mass is 127. The van der Waals surface area contributed by atoms with Gasteiger partial charge in [0.25, 0.3) is 0 Å². The first-order chi connectivity index (χ1) is 14.1. The molecule has 0 aliphatic heterocycles. The third-order valence-corrected chi connectivity index (χ3v) is 5.42. The summed E-state index contributed by atoms with van der Waals surface area (Å²) in [4.78, 5) is 12.5. The van der Waals surface area contributed by atoms with Crippen molar-refractivity contribution in [3.63, 3.8) is 0 Å². The molecule has 0 aliphatic carbocycles. The molecule has 0 radical (unpaired) electrons. The van der Waals surface area contributed by atoms with Gasteiger partial charge < -0.3 is 25.4 Å². The molecule has 0 aliphatic rings. The minimum atomic E-state index is -1.84. The first kappa shape index (κ1) is 25.1. The van der Waals surface area contributed by atoms with Crippen LogP contribution in [0.3, 0.4) is 0 Å². The number of nitrogens with one attached hydrogen (secondary N) is 3. The van der Waals surface area contributed by atoms with Crippen LogP contribution in [0.5, 0.6) is 11.5 Å². The van der Waals surface area contributed by atoms with E-state index in [-0.39, 0.29) is 17.4 Å². The first-order valence-electron chi connectivity index (χ1n) is 8.52. The number of hydrogen-bond acceptors (Lipinski definition) is 4. The van der Waals surface area contributed by atoms with Gasteiger partial charge in [-0.1, -0.05) is 40.9 Å². The van der Waals surface area contributed by atoms with Crippen LogP contribution in [0.1, 0.15) is 5.56 Å². The van der Waals surface area contributed by atoms with E-state index >= 15 is 0 Å². The topological polar surface area (TPSA) is 71.6 Å². The number of rotatable bonds is 7. The molecule has 3 N–H and O–H groups in total. The Balaban J connectivity index is 2.02. The Bertz CT molecular complexity index is 895. The smallest absolute Gasteiger partial charge is 0.228 e. The van der Waals surface area contributed by atoms with Crippen molar-refractivity contribution in [1.82, 2.24) is 10.6 Å². The van der Waals surface area contributed by atoms with Crippen LogP contribution in [0, 0.1) is 3.57 Å². The highest BCUT2D eigenvalue weighted by Crippen LogP contribution is 2.30. The molecule has 1 amide bonds. The van der Waals surface area contributed by atoms with E-state index in [1.165, 1.54) is 14.2 Å². The summed E-state index contributed by atoms with van der Waals surface area (Å²) in [5.74, 6) is 0.708. The van der Waals surface area contributed by atoms with Gasteiger partial charge >= 0.3 is 0 Å². The third-order valence-electron chi connectivity index (χ3n) is 3.82. The number of ether oxygens (including phenoxy) is 2. The fraction of sp³-hybridized carbons (Fsp3) is 0.263. The first-order valence-corrected chi connectivity index (χ1v) is 11.1. The Morgan fingerprint density at radius 2 is 1.70 bits per heavy atom. The van der Waals surface area contributed by atoms with Crippen LogP contribution >= 0.6 is 69.6 Å². The zero-order valence-electron chi connectivity index (χ0n) is 16.0. The monoisotopic (exact) mass is 601 g/mol. The number of anilines is 1. The predicted octanol–water partition coefficient (Wildman–Crippen LogP) is 4.65. The summed E-state index contributed by atoms with van der Waals surface area (Å²) in [7, 11) is 3.06. The second-order valence-corrected chi connectivity index (χ2v) is 10.0. The zero-order valence-corrected chi connectivity index (χ0v) is 21.2. The van der Waals surface area contributed by atoms with Crippen LogP contribution in [0.4, 0.5) is 5.69 Å². The van der Waals surface area contributed by atoms with Crippen LogP contribution in [0.25, 0.3) is 0 Å². The van der Waals surface area contributed by atoms with E-state index < -0.39 is 9.96 Å². The molecular formula is C19H19Cl3IN3O3S. The van der Waals surface area contributed by atoms with E-state index in [2.05, 4.69) is 38.5 Å². The number of carbonyl (C=O) groups is 1. The molecule has 0 bridgehead atoms. The van der Waals surface area contributed by atoms with E-state index in [9.17, 15) is 4.79 Å². The lowest BCUT2D eigenvalue weighted by Gasteiger charge is -2.28. The SMILES string of the molecule is COc1ccc(CC(=O)N[C@H](NC(=S)Nc2ccc(I)cc2)C(Cl)(Cl)Cl)cc1OC. The largest absolute Gasteiger partial charge is 0.493 e. The van der Waals surface area contributed by atoms with E-state index in [0.29, 0.717) is 17.1 Å². The molecule has 0 spiro atoms. The highest BCUT2D eigenvalue weighted by Gasteiger charge is 2.34. The molecule has 0 fully saturated rings. The molecular weight excluding hydrogens is 584 g/mol. The molecule has 1 atom stereocenters. The third kappa shape index (κ3) is 7.81. The minimum Gasteiger partial charge on any atom is -0.493 e. The Morgan fingerprint density at radius 1 is 1.07 bits per heavy atom. The second kappa shape index (κ2) is 11.4. The molecule has 2 aromatic carbocycles. The van der Waals surface area contributed by atoms with E-state index in [1.807, 2.05) is 24.3 Å². The molecule has 0 unspecified atom stereocenters. The molecule has 0 heterocycles.